The van der Waals surface area contributed by atoms with E-state index in [1.165, 1.54) is 0 Å². The van der Waals surface area contributed by atoms with Gasteiger partial charge in [0.1, 0.15) is 0 Å². The summed E-state index contributed by atoms with van der Waals surface area (Å²) < 4.78 is 7.05. The van der Waals surface area contributed by atoms with Gasteiger partial charge in [-0.3, -0.25) is 9.99 Å². The number of aryl methyl sites for hydroxylation is 1. The summed E-state index contributed by atoms with van der Waals surface area (Å²) in [4.78, 5) is 12.8. The molecule has 178 valence electrons. The van der Waals surface area contributed by atoms with Gasteiger partial charge in [0.05, 0.1) is 17.3 Å². The molecule has 0 unspecified atom stereocenters. The molecule has 1 N–H and O–H groups in total. The molecule has 0 saturated heterocycles. The van der Waals surface area contributed by atoms with Crippen LogP contribution in [0.3, 0.4) is 0 Å². The average molecular weight is 526 g/mol. The molecule has 0 aliphatic carbocycles. The van der Waals surface area contributed by atoms with Gasteiger partial charge < -0.3 is 4.74 Å². The van der Waals surface area contributed by atoms with Crippen LogP contribution in [0.2, 0.25) is 10.0 Å². The molecule has 4 aromatic rings. The van der Waals surface area contributed by atoms with Crippen LogP contribution >= 0.6 is 35.0 Å². The number of carbonyl (C=O) groups excluding carboxylic acids is 1. The Morgan fingerprint density at radius 2 is 1.80 bits per heavy atom. The molecule has 7 nitrogen and oxygen atoms in total. The molecule has 0 bridgehead atoms. The maximum atomic E-state index is 12.8. The topological polar surface area (TPSA) is 81.4 Å². The maximum Gasteiger partial charge on any atom is 0.365 e. The van der Waals surface area contributed by atoms with Crippen LogP contribution < -0.4 is 5.43 Å². The molecule has 1 heterocycles. The highest BCUT2D eigenvalue weighted by molar-refractivity contribution is 8.15. The number of hydrazone groups is 1. The van der Waals surface area contributed by atoms with E-state index in [1.807, 2.05) is 66.1 Å². The molecular weight excluding hydrogens is 505 g/mol. The van der Waals surface area contributed by atoms with Crippen LogP contribution in [0.1, 0.15) is 12.5 Å². The second-order valence-corrected chi connectivity index (χ2v) is 9.07. The molecule has 10 heteroatoms. The van der Waals surface area contributed by atoms with Crippen molar-refractivity contribution in [2.75, 3.05) is 12.0 Å². The highest BCUT2D eigenvalue weighted by Crippen LogP contribution is 2.34. The molecule has 35 heavy (non-hydrogen) atoms. The third-order valence-corrected chi connectivity index (χ3v) is 6.33. The van der Waals surface area contributed by atoms with E-state index in [1.54, 1.807) is 25.1 Å². The van der Waals surface area contributed by atoms with E-state index in [0.29, 0.717) is 26.6 Å². The lowest BCUT2D eigenvalue weighted by Crippen LogP contribution is -2.17. The van der Waals surface area contributed by atoms with Gasteiger partial charge >= 0.3 is 5.97 Å². The standard InChI is InChI=1S/C25H21Cl2N5O2S/c1-3-34-24(33)23(30-28-21-12-8-7-9-16(21)2)35-25-31-29-22(19-14-13-17(26)15-20(19)27)32(25)18-10-5-4-6-11-18/h4-15,28H,3H2,1-2H3/b30-23+. The highest BCUT2D eigenvalue weighted by atomic mass is 35.5. The number of esters is 1. The minimum Gasteiger partial charge on any atom is -0.461 e. The minimum absolute atomic E-state index is 0.0773. The second kappa shape index (κ2) is 11.4. The van der Waals surface area contributed by atoms with Crippen molar-refractivity contribution in [2.24, 2.45) is 5.10 Å². The predicted octanol–water partition coefficient (Wildman–Crippen LogP) is 6.63. The number of thioether (sulfide) groups is 1. The van der Waals surface area contributed by atoms with Crippen LogP contribution in [0.4, 0.5) is 5.69 Å². The van der Waals surface area contributed by atoms with Crippen molar-refractivity contribution in [3.05, 3.63) is 88.4 Å². The molecule has 0 atom stereocenters. The van der Waals surface area contributed by atoms with E-state index in [0.717, 1.165) is 28.7 Å². The monoisotopic (exact) mass is 525 g/mol. The molecular formula is C25H21Cl2N5O2S. The fraction of sp³-hybridized carbons (Fsp3) is 0.120. The Bertz CT molecular complexity index is 1380. The smallest absolute Gasteiger partial charge is 0.365 e. The number of nitrogens with one attached hydrogen (secondary N) is 1. The molecule has 0 amide bonds. The van der Waals surface area contributed by atoms with Crippen LogP contribution in [0, 0.1) is 6.92 Å². The summed E-state index contributed by atoms with van der Waals surface area (Å²) in [6, 6.07) is 22.3. The van der Waals surface area contributed by atoms with Gasteiger partial charge in [-0.1, -0.05) is 59.6 Å². The SMILES string of the molecule is CCOC(=O)/C(=N\Nc1ccccc1C)Sc1nnc(-c2ccc(Cl)cc2Cl)n1-c1ccccc1. The zero-order valence-electron chi connectivity index (χ0n) is 18.9. The predicted molar refractivity (Wildman–Crippen MR) is 142 cm³/mol. The van der Waals surface area contributed by atoms with Crippen LogP contribution in [-0.2, 0) is 9.53 Å². The quantitative estimate of drug-likeness (QED) is 0.0999. The summed E-state index contributed by atoms with van der Waals surface area (Å²) in [5.74, 6) is -0.0808. The van der Waals surface area contributed by atoms with Gasteiger partial charge in [-0.05, 0) is 67.6 Å². The van der Waals surface area contributed by atoms with Crippen molar-refractivity contribution in [1.29, 1.82) is 0 Å². The number of carbonyl (C=O) groups is 1. The Morgan fingerprint density at radius 1 is 1.06 bits per heavy atom. The lowest BCUT2D eigenvalue weighted by atomic mass is 10.2. The summed E-state index contributed by atoms with van der Waals surface area (Å²) in [5.41, 5.74) is 6.15. The van der Waals surface area contributed by atoms with E-state index in [4.69, 9.17) is 27.9 Å². The summed E-state index contributed by atoms with van der Waals surface area (Å²) in [6.45, 7) is 3.89. The van der Waals surface area contributed by atoms with Crippen molar-refractivity contribution in [1.82, 2.24) is 14.8 Å². The van der Waals surface area contributed by atoms with Crippen LogP contribution in [-0.4, -0.2) is 32.4 Å². The van der Waals surface area contributed by atoms with Gasteiger partial charge in [-0.15, -0.1) is 10.2 Å². The Kier molecular flexibility index (Phi) is 8.07. The van der Waals surface area contributed by atoms with Crippen molar-refractivity contribution < 1.29 is 9.53 Å². The van der Waals surface area contributed by atoms with E-state index in [9.17, 15) is 4.79 Å². The second-order valence-electron chi connectivity index (χ2n) is 7.27. The molecule has 3 aromatic carbocycles. The number of benzene rings is 3. The van der Waals surface area contributed by atoms with E-state index in [-0.39, 0.29) is 11.7 Å². The number of aromatic nitrogens is 3. The molecule has 0 aliphatic heterocycles. The van der Waals surface area contributed by atoms with E-state index in [2.05, 4.69) is 20.7 Å². The molecule has 1 aromatic heterocycles. The van der Waals surface area contributed by atoms with Gasteiger partial charge in [0, 0.05) is 16.3 Å². The first-order chi connectivity index (χ1) is 17.0. The van der Waals surface area contributed by atoms with E-state index < -0.39 is 5.97 Å². The number of para-hydroxylation sites is 2. The zero-order valence-corrected chi connectivity index (χ0v) is 21.2. The van der Waals surface area contributed by atoms with Crippen LogP contribution in [0.15, 0.2) is 83.1 Å². The number of hydrogen-bond donors (Lipinski definition) is 1. The van der Waals surface area contributed by atoms with Gasteiger partial charge in [0.25, 0.3) is 0 Å². The maximum absolute atomic E-state index is 12.8. The van der Waals surface area contributed by atoms with Gasteiger partial charge in [0.15, 0.2) is 5.82 Å². The minimum atomic E-state index is -0.577. The number of rotatable bonds is 6. The van der Waals surface area contributed by atoms with Gasteiger partial charge in [-0.25, -0.2) is 4.79 Å². The zero-order chi connectivity index (χ0) is 24.8. The summed E-state index contributed by atoms with van der Waals surface area (Å²) >= 11 is 13.6. The summed E-state index contributed by atoms with van der Waals surface area (Å²) in [6.07, 6.45) is 0. The third-order valence-electron chi connectivity index (χ3n) is 4.88. The Hall–Kier alpha value is -3.33. The number of anilines is 1. The fourth-order valence-corrected chi connectivity index (χ4v) is 4.45. The lowest BCUT2D eigenvalue weighted by molar-refractivity contribution is -0.134. The molecule has 4 rings (SSSR count). The summed E-state index contributed by atoms with van der Waals surface area (Å²) in [5, 5.41) is 14.5. The van der Waals surface area contributed by atoms with Gasteiger partial charge in [0.2, 0.25) is 10.2 Å². The number of halogens is 2. The fourth-order valence-electron chi connectivity index (χ4n) is 3.19. The first kappa shape index (κ1) is 24.8. The Labute approximate surface area is 217 Å². The highest BCUT2D eigenvalue weighted by Gasteiger charge is 2.23. The van der Waals surface area contributed by atoms with Crippen molar-refractivity contribution in [3.63, 3.8) is 0 Å². The third kappa shape index (κ3) is 5.85. The molecule has 0 saturated carbocycles. The van der Waals surface area contributed by atoms with Crippen molar-refractivity contribution in [2.45, 2.75) is 19.0 Å². The van der Waals surface area contributed by atoms with Crippen molar-refractivity contribution in [3.8, 4) is 17.1 Å². The molecule has 0 radical (unpaired) electrons. The first-order valence-corrected chi connectivity index (χ1v) is 12.3. The van der Waals surface area contributed by atoms with Crippen LogP contribution in [0.25, 0.3) is 17.1 Å². The molecule has 0 fully saturated rings. The Balaban J connectivity index is 1.78. The lowest BCUT2D eigenvalue weighted by Gasteiger charge is -2.12. The summed E-state index contributed by atoms with van der Waals surface area (Å²) in [7, 11) is 0. The number of ether oxygens (including phenoxy) is 1. The Morgan fingerprint density at radius 3 is 2.51 bits per heavy atom. The number of hydrogen-bond acceptors (Lipinski definition) is 7. The first-order valence-electron chi connectivity index (χ1n) is 10.7. The molecule has 0 aliphatic rings. The average Bonchev–Trinajstić information content (AvgIpc) is 3.26. The normalized spacial score (nSPS) is 11.4. The van der Waals surface area contributed by atoms with Gasteiger partial charge in [-0.2, -0.15) is 5.10 Å². The number of nitrogens with zero attached hydrogens (tertiary/aromatic N) is 4. The van der Waals surface area contributed by atoms with Crippen LogP contribution in [0.5, 0.6) is 0 Å². The van der Waals surface area contributed by atoms with Crippen molar-refractivity contribution >= 4 is 51.7 Å². The van der Waals surface area contributed by atoms with E-state index >= 15 is 0 Å². The largest absolute Gasteiger partial charge is 0.461 e. The molecule has 0 spiro atoms.